The van der Waals surface area contributed by atoms with Gasteiger partial charge in [0.15, 0.2) is 11.6 Å². The molecular formula is C22H21F2N5O. The van der Waals surface area contributed by atoms with Gasteiger partial charge < -0.3 is 15.5 Å². The van der Waals surface area contributed by atoms with Gasteiger partial charge in [0.1, 0.15) is 5.82 Å². The van der Waals surface area contributed by atoms with Gasteiger partial charge in [-0.1, -0.05) is 0 Å². The van der Waals surface area contributed by atoms with Crippen LogP contribution in [0, 0.1) is 18.6 Å². The predicted octanol–water partition coefficient (Wildman–Crippen LogP) is 4.66. The Labute approximate surface area is 173 Å². The molecule has 2 aromatic carbocycles. The fourth-order valence-corrected chi connectivity index (χ4v) is 3.30. The van der Waals surface area contributed by atoms with Crippen LogP contribution in [0.15, 0.2) is 48.5 Å². The molecule has 1 fully saturated rings. The maximum Gasteiger partial charge on any atom is 0.255 e. The summed E-state index contributed by atoms with van der Waals surface area (Å²) in [4.78, 5) is 23.5. The molecule has 0 unspecified atom stereocenters. The molecule has 0 saturated carbocycles. The number of carbonyl (C=O) groups excluding carboxylic acids is 1. The van der Waals surface area contributed by atoms with Gasteiger partial charge in [-0.3, -0.25) is 4.79 Å². The lowest BCUT2D eigenvalue weighted by Crippen LogP contribution is -2.21. The van der Waals surface area contributed by atoms with Crippen molar-refractivity contribution in [1.82, 2.24) is 9.97 Å². The van der Waals surface area contributed by atoms with Crippen molar-refractivity contribution in [1.29, 1.82) is 0 Å². The highest BCUT2D eigenvalue weighted by Crippen LogP contribution is 2.22. The molecular weight excluding hydrogens is 388 g/mol. The second-order valence-electron chi connectivity index (χ2n) is 7.17. The fourth-order valence-electron chi connectivity index (χ4n) is 3.30. The lowest BCUT2D eigenvalue weighted by Gasteiger charge is -2.17. The van der Waals surface area contributed by atoms with Crippen LogP contribution in [0.1, 0.15) is 28.9 Å². The van der Waals surface area contributed by atoms with Crippen LogP contribution in [0.25, 0.3) is 0 Å². The number of hydrogen-bond donors (Lipinski definition) is 2. The van der Waals surface area contributed by atoms with Crippen molar-refractivity contribution in [2.24, 2.45) is 0 Å². The molecule has 30 heavy (non-hydrogen) atoms. The van der Waals surface area contributed by atoms with Crippen LogP contribution in [-0.2, 0) is 0 Å². The molecule has 1 aliphatic heterocycles. The summed E-state index contributed by atoms with van der Waals surface area (Å²) in [5, 5.41) is 5.92. The minimum Gasteiger partial charge on any atom is -0.341 e. The van der Waals surface area contributed by atoms with Gasteiger partial charge in [-0.15, -0.1) is 0 Å². The Bertz CT molecular complexity index is 1070. The quantitative estimate of drug-likeness (QED) is 0.641. The second kappa shape index (κ2) is 8.44. The average molecular weight is 409 g/mol. The van der Waals surface area contributed by atoms with Crippen LogP contribution in [0.3, 0.4) is 0 Å². The van der Waals surface area contributed by atoms with Crippen LogP contribution in [-0.4, -0.2) is 29.0 Å². The van der Waals surface area contributed by atoms with Crippen molar-refractivity contribution in [2.75, 3.05) is 28.6 Å². The first-order valence-electron chi connectivity index (χ1n) is 9.72. The van der Waals surface area contributed by atoms with Gasteiger partial charge in [0.25, 0.3) is 5.91 Å². The third-order valence-electron chi connectivity index (χ3n) is 4.83. The van der Waals surface area contributed by atoms with Crippen LogP contribution >= 0.6 is 0 Å². The third kappa shape index (κ3) is 4.53. The Morgan fingerprint density at radius 1 is 0.933 bits per heavy atom. The van der Waals surface area contributed by atoms with E-state index in [1.807, 2.05) is 13.0 Å². The SMILES string of the molecule is Cc1cc(Nc2ccc(NC(=O)c3ccc(F)c(F)c3)cc2)nc(N2CCCC2)n1. The van der Waals surface area contributed by atoms with Crippen LogP contribution < -0.4 is 15.5 Å². The predicted molar refractivity (Wildman–Crippen MR) is 112 cm³/mol. The van der Waals surface area contributed by atoms with Crippen LogP contribution in [0.5, 0.6) is 0 Å². The number of aryl methyl sites for hydroxylation is 1. The number of nitrogens with zero attached hydrogens (tertiary/aromatic N) is 3. The number of carbonyl (C=O) groups is 1. The number of benzene rings is 2. The standard InChI is InChI=1S/C22H21F2N5O/c1-14-12-20(28-22(25-14)29-10-2-3-11-29)26-16-5-7-17(8-6-16)27-21(30)15-4-9-18(23)19(24)13-15/h4-9,12-13H,2-3,10-11H2,1H3,(H,27,30)(H,25,26,28). The normalized spacial score (nSPS) is 13.4. The van der Waals surface area contributed by atoms with Gasteiger partial charge in [-0.2, -0.15) is 4.98 Å². The molecule has 8 heteroatoms. The summed E-state index contributed by atoms with van der Waals surface area (Å²) in [6.45, 7) is 3.87. The largest absolute Gasteiger partial charge is 0.341 e. The highest BCUT2D eigenvalue weighted by atomic mass is 19.2. The van der Waals surface area contributed by atoms with Crippen molar-refractivity contribution in [2.45, 2.75) is 19.8 Å². The molecule has 4 rings (SSSR count). The van der Waals surface area contributed by atoms with Crippen molar-refractivity contribution < 1.29 is 13.6 Å². The molecule has 154 valence electrons. The zero-order valence-corrected chi connectivity index (χ0v) is 16.5. The van der Waals surface area contributed by atoms with E-state index in [9.17, 15) is 13.6 Å². The van der Waals surface area contributed by atoms with Crippen LogP contribution in [0.2, 0.25) is 0 Å². The van der Waals surface area contributed by atoms with E-state index in [1.165, 1.54) is 6.07 Å². The lowest BCUT2D eigenvalue weighted by atomic mass is 10.2. The summed E-state index contributed by atoms with van der Waals surface area (Å²) >= 11 is 0. The Hall–Kier alpha value is -3.55. The number of hydrogen-bond acceptors (Lipinski definition) is 5. The van der Waals surface area contributed by atoms with Gasteiger partial charge >= 0.3 is 0 Å². The van der Waals surface area contributed by atoms with Gasteiger partial charge in [0, 0.05) is 41.8 Å². The Kier molecular flexibility index (Phi) is 5.56. The number of nitrogens with one attached hydrogen (secondary N) is 2. The molecule has 1 saturated heterocycles. The Balaban J connectivity index is 1.43. The number of rotatable bonds is 5. The molecule has 0 atom stereocenters. The zero-order valence-electron chi connectivity index (χ0n) is 16.5. The minimum atomic E-state index is -1.06. The van der Waals surface area contributed by atoms with Crippen LogP contribution in [0.4, 0.5) is 31.9 Å². The second-order valence-corrected chi connectivity index (χ2v) is 7.17. The molecule has 0 bridgehead atoms. The molecule has 1 aromatic heterocycles. The zero-order chi connectivity index (χ0) is 21.1. The molecule has 2 N–H and O–H groups in total. The topological polar surface area (TPSA) is 70.2 Å². The highest BCUT2D eigenvalue weighted by Gasteiger charge is 2.16. The number of halogens is 2. The van der Waals surface area contributed by atoms with E-state index in [-0.39, 0.29) is 5.56 Å². The van der Waals surface area contributed by atoms with Gasteiger partial charge in [0.2, 0.25) is 5.95 Å². The summed E-state index contributed by atoms with van der Waals surface area (Å²) in [6.07, 6.45) is 2.30. The summed E-state index contributed by atoms with van der Waals surface area (Å²) in [5.41, 5.74) is 2.25. The number of anilines is 4. The molecule has 0 radical (unpaired) electrons. The van der Waals surface area contributed by atoms with Crippen molar-refractivity contribution >= 4 is 29.0 Å². The molecule has 0 spiro atoms. The monoisotopic (exact) mass is 409 g/mol. The van der Waals surface area contributed by atoms with Crippen molar-refractivity contribution in [3.63, 3.8) is 0 Å². The fraction of sp³-hybridized carbons (Fsp3) is 0.227. The summed E-state index contributed by atoms with van der Waals surface area (Å²) in [5.74, 6) is -1.14. The first kappa shape index (κ1) is 19.8. The Morgan fingerprint density at radius 3 is 2.33 bits per heavy atom. The van der Waals surface area contributed by atoms with E-state index in [0.717, 1.165) is 55.4 Å². The summed E-state index contributed by atoms with van der Waals surface area (Å²) < 4.78 is 26.3. The molecule has 2 heterocycles. The van der Waals surface area contributed by atoms with E-state index < -0.39 is 17.5 Å². The Morgan fingerprint density at radius 2 is 1.63 bits per heavy atom. The average Bonchev–Trinajstić information content (AvgIpc) is 3.26. The third-order valence-corrected chi connectivity index (χ3v) is 4.83. The van der Waals surface area contributed by atoms with E-state index in [4.69, 9.17) is 0 Å². The highest BCUT2D eigenvalue weighted by molar-refractivity contribution is 6.04. The minimum absolute atomic E-state index is 0.0435. The smallest absolute Gasteiger partial charge is 0.255 e. The van der Waals surface area contributed by atoms with Crippen molar-refractivity contribution in [3.05, 3.63) is 71.4 Å². The van der Waals surface area contributed by atoms with E-state index in [2.05, 4.69) is 25.5 Å². The molecule has 6 nitrogen and oxygen atoms in total. The van der Waals surface area contributed by atoms with E-state index in [1.54, 1.807) is 24.3 Å². The van der Waals surface area contributed by atoms with E-state index in [0.29, 0.717) is 11.5 Å². The summed E-state index contributed by atoms with van der Waals surface area (Å²) in [6, 6.07) is 11.9. The van der Waals surface area contributed by atoms with Crippen molar-refractivity contribution in [3.8, 4) is 0 Å². The van der Waals surface area contributed by atoms with Gasteiger partial charge in [-0.05, 0) is 62.2 Å². The first-order valence-corrected chi connectivity index (χ1v) is 9.72. The van der Waals surface area contributed by atoms with Gasteiger partial charge in [0.05, 0.1) is 0 Å². The summed E-state index contributed by atoms with van der Waals surface area (Å²) in [7, 11) is 0. The lowest BCUT2D eigenvalue weighted by molar-refractivity contribution is 0.102. The van der Waals surface area contributed by atoms with E-state index >= 15 is 0 Å². The molecule has 1 amide bonds. The van der Waals surface area contributed by atoms with Gasteiger partial charge in [-0.25, -0.2) is 13.8 Å². The maximum atomic E-state index is 13.3. The maximum absolute atomic E-state index is 13.3. The first-order chi connectivity index (χ1) is 14.5. The number of aromatic nitrogens is 2. The molecule has 3 aromatic rings. The number of amides is 1. The molecule has 0 aliphatic carbocycles. The molecule has 1 aliphatic rings.